The molecule has 0 amide bonds. The van der Waals surface area contributed by atoms with Crippen molar-refractivity contribution < 1.29 is 19.7 Å². The van der Waals surface area contributed by atoms with Gasteiger partial charge in [0.05, 0.1) is 7.11 Å². The largest absolute Gasteiger partial charge is 0.504 e. The van der Waals surface area contributed by atoms with Crippen molar-refractivity contribution in [2.75, 3.05) is 13.7 Å². The van der Waals surface area contributed by atoms with Gasteiger partial charge in [0, 0.05) is 18.3 Å². The number of guanidine groups is 1. The SMILES string of the molecule is COc1cccc(C=N[C@@H](CCCN=C(N)N)C(=O)O)c1O. The molecule has 0 radical (unpaired) electrons. The molecule has 1 aromatic rings. The van der Waals surface area contributed by atoms with Crippen molar-refractivity contribution in [3.05, 3.63) is 23.8 Å². The second kappa shape index (κ2) is 8.50. The molecule has 0 aromatic heterocycles. The Morgan fingerprint density at radius 1 is 1.45 bits per heavy atom. The highest BCUT2D eigenvalue weighted by molar-refractivity contribution is 5.87. The Morgan fingerprint density at radius 3 is 2.77 bits per heavy atom. The third kappa shape index (κ3) is 5.31. The maximum atomic E-state index is 11.2. The van der Waals surface area contributed by atoms with Crippen LogP contribution in [0.2, 0.25) is 0 Å². The second-order valence-electron chi connectivity index (χ2n) is 4.48. The van der Waals surface area contributed by atoms with Crippen LogP contribution in [0.1, 0.15) is 18.4 Å². The molecular formula is C14H20N4O4. The van der Waals surface area contributed by atoms with Gasteiger partial charge in [-0.05, 0) is 25.0 Å². The number of rotatable bonds is 8. The zero-order valence-corrected chi connectivity index (χ0v) is 12.3. The van der Waals surface area contributed by atoms with Crippen molar-refractivity contribution in [3.8, 4) is 11.5 Å². The van der Waals surface area contributed by atoms with Gasteiger partial charge in [0.15, 0.2) is 17.5 Å². The van der Waals surface area contributed by atoms with Crippen LogP contribution in [0.25, 0.3) is 0 Å². The first-order valence-electron chi connectivity index (χ1n) is 6.63. The average molecular weight is 308 g/mol. The summed E-state index contributed by atoms with van der Waals surface area (Å²) in [4.78, 5) is 18.9. The van der Waals surface area contributed by atoms with Gasteiger partial charge in [0.1, 0.15) is 6.04 Å². The number of hydrogen-bond donors (Lipinski definition) is 4. The minimum Gasteiger partial charge on any atom is -0.504 e. The fraction of sp³-hybridized carbons (Fsp3) is 0.357. The lowest BCUT2D eigenvalue weighted by molar-refractivity contribution is -0.138. The highest BCUT2D eigenvalue weighted by Crippen LogP contribution is 2.28. The van der Waals surface area contributed by atoms with Gasteiger partial charge in [-0.2, -0.15) is 0 Å². The highest BCUT2D eigenvalue weighted by Gasteiger charge is 2.15. The van der Waals surface area contributed by atoms with E-state index in [0.29, 0.717) is 24.3 Å². The van der Waals surface area contributed by atoms with E-state index in [2.05, 4.69) is 9.98 Å². The summed E-state index contributed by atoms with van der Waals surface area (Å²) in [5.74, 6) is -0.873. The first-order chi connectivity index (χ1) is 10.5. The molecule has 0 aliphatic rings. The van der Waals surface area contributed by atoms with Crippen molar-refractivity contribution in [3.63, 3.8) is 0 Å². The fourth-order valence-electron chi connectivity index (χ4n) is 1.73. The van der Waals surface area contributed by atoms with E-state index in [0.717, 1.165) is 0 Å². The van der Waals surface area contributed by atoms with Gasteiger partial charge < -0.3 is 26.4 Å². The number of hydrogen-bond acceptors (Lipinski definition) is 5. The summed E-state index contributed by atoms with van der Waals surface area (Å²) in [6.45, 7) is 0.339. The number of aliphatic imine (C=N–C) groups is 2. The lowest BCUT2D eigenvalue weighted by Crippen LogP contribution is -2.23. The number of aromatic hydroxyl groups is 1. The predicted octanol–water partition coefficient (Wildman–Crippen LogP) is 0.327. The maximum Gasteiger partial charge on any atom is 0.328 e. The standard InChI is InChI=1S/C14H20N4O4/c1-22-11-6-2-4-9(12(11)19)8-18-10(13(20)21)5-3-7-17-14(15)16/h2,4,6,8,10,19H,3,5,7H2,1H3,(H,20,21)(H4,15,16,17)/t10-/m0/s1. The summed E-state index contributed by atoms with van der Waals surface area (Å²) in [5.41, 5.74) is 10.8. The van der Waals surface area contributed by atoms with Crippen molar-refractivity contribution in [1.82, 2.24) is 0 Å². The maximum absolute atomic E-state index is 11.2. The zero-order valence-electron chi connectivity index (χ0n) is 12.3. The Bertz CT molecular complexity index is 568. The molecule has 0 aliphatic carbocycles. The molecule has 0 aliphatic heterocycles. The molecule has 0 bridgehead atoms. The van der Waals surface area contributed by atoms with Crippen LogP contribution in [0.4, 0.5) is 0 Å². The smallest absolute Gasteiger partial charge is 0.328 e. The summed E-state index contributed by atoms with van der Waals surface area (Å²) in [5, 5.41) is 19.0. The van der Waals surface area contributed by atoms with Crippen LogP contribution in [-0.2, 0) is 4.79 Å². The number of phenolic OH excluding ortho intramolecular Hbond substituents is 1. The van der Waals surface area contributed by atoms with Crippen LogP contribution in [0.5, 0.6) is 11.5 Å². The summed E-state index contributed by atoms with van der Waals surface area (Å²) in [7, 11) is 1.43. The normalized spacial score (nSPS) is 12.0. The van der Waals surface area contributed by atoms with Crippen molar-refractivity contribution in [1.29, 1.82) is 0 Å². The van der Waals surface area contributed by atoms with Crippen LogP contribution in [-0.4, -0.2) is 48.1 Å². The fourth-order valence-corrected chi connectivity index (χ4v) is 1.73. The topological polar surface area (TPSA) is 144 Å². The highest BCUT2D eigenvalue weighted by atomic mass is 16.5. The minimum atomic E-state index is -1.05. The Balaban J connectivity index is 2.74. The first-order valence-corrected chi connectivity index (χ1v) is 6.63. The summed E-state index contributed by atoms with van der Waals surface area (Å²) in [6.07, 6.45) is 2.08. The summed E-state index contributed by atoms with van der Waals surface area (Å²) >= 11 is 0. The number of nitrogens with two attached hydrogens (primary N) is 2. The Labute approximate surface area is 128 Å². The molecule has 0 spiro atoms. The number of carbonyl (C=O) groups is 1. The molecule has 8 nitrogen and oxygen atoms in total. The molecule has 0 unspecified atom stereocenters. The lowest BCUT2D eigenvalue weighted by Gasteiger charge is -2.08. The van der Waals surface area contributed by atoms with Crippen LogP contribution >= 0.6 is 0 Å². The Hall–Kier alpha value is -2.77. The Morgan fingerprint density at radius 2 is 2.18 bits per heavy atom. The van der Waals surface area contributed by atoms with Crippen LogP contribution in [0, 0.1) is 0 Å². The molecular weight excluding hydrogens is 288 g/mol. The monoisotopic (exact) mass is 308 g/mol. The van der Waals surface area contributed by atoms with Crippen LogP contribution < -0.4 is 16.2 Å². The van der Waals surface area contributed by atoms with Gasteiger partial charge in [-0.15, -0.1) is 0 Å². The number of nitrogens with zero attached hydrogens (tertiary/aromatic N) is 2. The zero-order chi connectivity index (χ0) is 16.5. The predicted molar refractivity (Wildman–Crippen MR) is 83.6 cm³/mol. The van der Waals surface area contributed by atoms with Crippen molar-refractivity contribution >= 4 is 18.1 Å². The summed E-state index contributed by atoms with van der Waals surface area (Å²) in [6, 6.07) is 3.95. The van der Waals surface area contributed by atoms with Gasteiger partial charge in [0.2, 0.25) is 0 Å². The molecule has 1 rings (SSSR count). The van der Waals surface area contributed by atoms with Crippen molar-refractivity contribution in [2.45, 2.75) is 18.9 Å². The van der Waals surface area contributed by atoms with E-state index >= 15 is 0 Å². The summed E-state index contributed by atoms with van der Waals surface area (Å²) < 4.78 is 4.98. The van der Waals surface area contributed by atoms with Gasteiger partial charge in [-0.1, -0.05) is 6.07 Å². The average Bonchev–Trinajstić information content (AvgIpc) is 2.47. The molecule has 120 valence electrons. The number of para-hydroxylation sites is 1. The molecule has 0 fully saturated rings. The van der Waals surface area contributed by atoms with Gasteiger partial charge >= 0.3 is 5.97 Å². The van der Waals surface area contributed by atoms with Crippen LogP contribution in [0.15, 0.2) is 28.2 Å². The third-order valence-electron chi connectivity index (χ3n) is 2.86. The number of phenols is 1. The van der Waals surface area contributed by atoms with E-state index < -0.39 is 12.0 Å². The molecule has 0 saturated carbocycles. The lowest BCUT2D eigenvalue weighted by atomic mass is 10.1. The van der Waals surface area contributed by atoms with Crippen LogP contribution in [0.3, 0.4) is 0 Å². The number of aliphatic carboxylic acids is 1. The first kappa shape index (κ1) is 17.3. The van der Waals surface area contributed by atoms with E-state index in [1.807, 2.05) is 0 Å². The van der Waals surface area contributed by atoms with Crippen molar-refractivity contribution in [2.24, 2.45) is 21.5 Å². The molecule has 8 heteroatoms. The Kier molecular flexibility index (Phi) is 6.68. The molecule has 22 heavy (non-hydrogen) atoms. The van der Waals surface area contributed by atoms with E-state index in [1.165, 1.54) is 13.3 Å². The third-order valence-corrected chi connectivity index (χ3v) is 2.86. The molecule has 0 saturated heterocycles. The number of carboxylic acids is 1. The second-order valence-corrected chi connectivity index (χ2v) is 4.48. The minimum absolute atomic E-state index is 0.0309. The van der Waals surface area contributed by atoms with E-state index in [1.54, 1.807) is 18.2 Å². The molecule has 6 N–H and O–H groups in total. The molecule has 1 aromatic carbocycles. The molecule has 0 heterocycles. The van der Waals surface area contributed by atoms with Gasteiger partial charge in [0.25, 0.3) is 0 Å². The van der Waals surface area contributed by atoms with Gasteiger partial charge in [-0.3, -0.25) is 9.98 Å². The number of carboxylic acid groups (broad SMARTS) is 1. The number of methoxy groups -OCH3 is 1. The number of benzene rings is 1. The van der Waals surface area contributed by atoms with E-state index in [4.69, 9.17) is 21.3 Å². The van der Waals surface area contributed by atoms with Gasteiger partial charge in [-0.25, -0.2) is 4.79 Å². The van der Waals surface area contributed by atoms with E-state index in [-0.39, 0.29) is 18.1 Å². The number of ether oxygens (including phenoxy) is 1. The quantitative estimate of drug-likeness (QED) is 0.309. The molecule has 1 atom stereocenters. The van der Waals surface area contributed by atoms with E-state index in [9.17, 15) is 9.90 Å².